The SMILES string of the molecule is CC(C)CC(C)NC(C)C(=O)N1CCCC1. The van der Waals surface area contributed by atoms with Crippen LogP contribution in [0, 0.1) is 5.92 Å². The molecule has 1 aliphatic heterocycles. The van der Waals surface area contributed by atoms with Gasteiger partial charge in [-0.1, -0.05) is 13.8 Å². The van der Waals surface area contributed by atoms with Gasteiger partial charge in [-0.15, -0.1) is 0 Å². The Bertz CT molecular complexity index is 222. The molecule has 1 N–H and O–H groups in total. The van der Waals surface area contributed by atoms with E-state index in [4.69, 9.17) is 0 Å². The minimum Gasteiger partial charge on any atom is -0.341 e. The predicted octanol–water partition coefficient (Wildman–Crippen LogP) is 2.02. The maximum Gasteiger partial charge on any atom is 0.239 e. The first-order valence-electron chi connectivity index (χ1n) is 6.55. The fraction of sp³-hybridized carbons (Fsp3) is 0.923. The molecule has 0 radical (unpaired) electrons. The molecule has 0 bridgehead atoms. The van der Waals surface area contributed by atoms with Crippen LogP contribution in [0.5, 0.6) is 0 Å². The molecule has 0 aliphatic carbocycles. The Balaban J connectivity index is 2.32. The van der Waals surface area contributed by atoms with E-state index in [1.54, 1.807) is 0 Å². The van der Waals surface area contributed by atoms with Gasteiger partial charge in [0.05, 0.1) is 6.04 Å². The first-order valence-corrected chi connectivity index (χ1v) is 6.55. The van der Waals surface area contributed by atoms with E-state index in [0.29, 0.717) is 12.0 Å². The van der Waals surface area contributed by atoms with Crippen LogP contribution >= 0.6 is 0 Å². The molecule has 0 aromatic carbocycles. The second-order valence-electron chi connectivity index (χ2n) is 5.45. The van der Waals surface area contributed by atoms with E-state index >= 15 is 0 Å². The standard InChI is InChI=1S/C13H26N2O/c1-10(2)9-11(3)14-12(4)13(16)15-7-5-6-8-15/h10-12,14H,5-9H2,1-4H3. The van der Waals surface area contributed by atoms with Crippen LogP contribution in [0.4, 0.5) is 0 Å². The third-order valence-corrected chi connectivity index (χ3v) is 3.15. The Kier molecular flexibility index (Phi) is 5.26. The van der Waals surface area contributed by atoms with E-state index in [9.17, 15) is 4.79 Å². The zero-order valence-corrected chi connectivity index (χ0v) is 11.1. The highest BCUT2D eigenvalue weighted by atomic mass is 16.2. The van der Waals surface area contributed by atoms with Crippen molar-refractivity contribution < 1.29 is 4.79 Å². The van der Waals surface area contributed by atoms with Gasteiger partial charge < -0.3 is 10.2 Å². The number of hydrogen-bond donors (Lipinski definition) is 1. The lowest BCUT2D eigenvalue weighted by Crippen LogP contribution is -2.47. The summed E-state index contributed by atoms with van der Waals surface area (Å²) in [6, 6.07) is 0.383. The summed E-state index contributed by atoms with van der Waals surface area (Å²) in [5, 5.41) is 3.40. The Morgan fingerprint density at radius 2 is 1.75 bits per heavy atom. The minimum absolute atomic E-state index is 0.0353. The molecule has 0 spiro atoms. The third-order valence-electron chi connectivity index (χ3n) is 3.15. The van der Waals surface area contributed by atoms with Crippen LogP contribution in [0.25, 0.3) is 0 Å². The maximum atomic E-state index is 12.0. The molecule has 0 aromatic rings. The van der Waals surface area contributed by atoms with Crippen molar-refractivity contribution in [2.75, 3.05) is 13.1 Å². The average Bonchev–Trinajstić information content (AvgIpc) is 2.67. The van der Waals surface area contributed by atoms with Crippen LogP contribution in [0.15, 0.2) is 0 Å². The minimum atomic E-state index is -0.0353. The zero-order chi connectivity index (χ0) is 12.1. The summed E-state index contributed by atoms with van der Waals surface area (Å²) in [5.41, 5.74) is 0. The van der Waals surface area contributed by atoms with Crippen molar-refractivity contribution in [2.24, 2.45) is 5.92 Å². The van der Waals surface area contributed by atoms with Gasteiger partial charge in [-0.05, 0) is 39.0 Å². The number of nitrogens with one attached hydrogen (secondary N) is 1. The lowest BCUT2D eigenvalue weighted by atomic mass is 10.0. The predicted molar refractivity (Wildman–Crippen MR) is 67.3 cm³/mol. The summed E-state index contributed by atoms with van der Waals surface area (Å²) in [7, 11) is 0. The smallest absolute Gasteiger partial charge is 0.239 e. The molecule has 3 nitrogen and oxygen atoms in total. The van der Waals surface area contributed by atoms with E-state index in [1.807, 2.05) is 11.8 Å². The molecule has 1 rings (SSSR count). The van der Waals surface area contributed by atoms with Gasteiger partial charge in [0.15, 0.2) is 0 Å². The van der Waals surface area contributed by atoms with Crippen molar-refractivity contribution >= 4 is 5.91 Å². The molecular formula is C13H26N2O. The lowest BCUT2D eigenvalue weighted by Gasteiger charge is -2.25. The Morgan fingerprint density at radius 3 is 2.25 bits per heavy atom. The molecule has 2 unspecified atom stereocenters. The van der Waals surface area contributed by atoms with E-state index in [1.165, 1.54) is 12.8 Å². The molecule has 1 saturated heterocycles. The maximum absolute atomic E-state index is 12.0. The number of amides is 1. The van der Waals surface area contributed by atoms with E-state index in [-0.39, 0.29) is 11.9 Å². The first-order chi connectivity index (χ1) is 7.50. The second-order valence-corrected chi connectivity index (χ2v) is 5.45. The Morgan fingerprint density at radius 1 is 1.19 bits per heavy atom. The van der Waals surface area contributed by atoms with E-state index < -0.39 is 0 Å². The molecule has 1 heterocycles. The van der Waals surface area contributed by atoms with Gasteiger partial charge in [0, 0.05) is 19.1 Å². The van der Waals surface area contributed by atoms with Crippen molar-refractivity contribution in [1.82, 2.24) is 10.2 Å². The molecule has 1 fully saturated rings. The van der Waals surface area contributed by atoms with Crippen molar-refractivity contribution in [2.45, 2.75) is 59.0 Å². The van der Waals surface area contributed by atoms with Crippen LogP contribution in [0.1, 0.15) is 47.0 Å². The first kappa shape index (κ1) is 13.5. The summed E-state index contributed by atoms with van der Waals surface area (Å²) in [6.07, 6.45) is 3.46. The van der Waals surface area contributed by atoms with Crippen molar-refractivity contribution in [1.29, 1.82) is 0 Å². The fourth-order valence-electron chi connectivity index (χ4n) is 2.48. The summed E-state index contributed by atoms with van der Waals surface area (Å²) in [6.45, 7) is 10.5. The molecule has 0 aromatic heterocycles. The van der Waals surface area contributed by atoms with Crippen LogP contribution in [0.3, 0.4) is 0 Å². The van der Waals surface area contributed by atoms with E-state index in [0.717, 1.165) is 19.5 Å². The van der Waals surface area contributed by atoms with Crippen molar-refractivity contribution in [3.63, 3.8) is 0 Å². The summed E-state index contributed by atoms with van der Waals surface area (Å²) in [5.74, 6) is 0.949. The highest BCUT2D eigenvalue weighted by Gasteiger charge is 2.23. The van der Waals surface area contributed by atoms with Gasteiger partial charge in [0.1, 0.15) is 0 Å². The highest BCUT2D eigenvalue weighted by Crippen LogP contribution is 2.10. The Labute approximate surface area is 99.6 Å². The number of nitrogens with zero attached hydrogens (tertiary/aromatic N) is 1. The van der Waals surface area contributed by atoms with Gasteiger partial charge in [0.2, 0.25) is 5.91 Å². The zero-order valence-electron chi connectivity index (χ0n) is 11.1. The van der Waals surface area contributed by atoms with Crippen molar-refractivity contribution in [3.05, 3.63) is 0 Å². The molecule has 1 amide bonds. The number of rotatable bonds is 5. The third kappa shape index (κ3) is 4.12. The number of hydrogen-bond acceptors (Lipinski definition) is 2. The van der Waals surface area contributed by atoms with Gasteiger partial charge in [-0.3, -0.25) is 4.79 Å². The molecule has 94 valence electrons. The molecular weight excluding hydrogens is 200 g/mol. The lowest BCUT2D eigenvalue weighted by molar-refractivity contribution is -0.132. The number of carbonyl (C=O) groups is 1. The quantitative estimate of drug-likeness (QED) is 0.778. The fourth-order valence-corrected chi connectivity index (χ4v) is 2.48. The second kappa shape index (κ2) is 6.24. The molecule has 2 atom stereocenters. The van der Waals surface area contributed by atoms with Crippen LogP contribution in [-0.2, 0) is 4.79 Å². The van der Waals surface area contributed by atoms with Gasteiger partial charge >= 0.3 is 0 Å². The van der Waals surface area contributed by atoms with Crippen LogP contribution in [-0.4, -0.2) is 36.0 Å². The van der Waals surface area contributed by atoms with Gasteiger partial charge in [-0.25, -0.2) is 0 Å². The molecule has 1 aliphatic rings. The molecule has 0 saturated carbocycles. The monoisotopic (exact) mass is 226 g/mol. The van der Waals surface area contributed by atoms with Crippen molar-refractivity contribution in [3.8, 4) is 0 Å². The topological polar surface area (TPSA) is 32.3 Å². The van der Waals surface area contributed by atoms with Crippen LogP contribution < -0.4 is 5.32 Å². The Hall–Kier alpha value is -0.570. The largest absolute Gasteiger partial charge is 0.341 e. The summed E-state index contributed by atoms with van der Waals surface area (Å²) >= 11 is 0. The number of carbonyl (C=O) groups excluding carboxylic acids is 1. The van der Waals surface area contributed by atoms with E-state index in [2.05, 4.69) is 26.1 Å². The van der Waals surface area contributed by atoms with Crippen LogP contribution in [0.2, 0.25) is 0 Å². The summed E-state index contributed by atoms with van der Waals surface area (Å²) < 4.78 is 0. The van der Waals surface area contributed by atoms with Gasteiger partial charge in [-0.2, -0.15) is 0 Å². The highest BCUT2D eigenvalue weighted by molar-refractivity contribution is 5.81. The van der Waals surface area contributed by atoms with Gasteiger partial charge in [0.25, 0.3) is 0 Å². The normalized spacial score (nSPS) is 20.2. The summed E-state index contributed by atoms with van der Waals surface area (Å²) in [4.78, 5) is 14.0. The number of likely N-dealkylation sites (tertiary alicyclic amines) is 1. The average molecular weight is 226 g/mol. The molecule has 16 heavy (non-hydrogen) atoms. The molecule has 3 heteroatoms.